The van der Waals surface area contributed by atoms with Gasteiger partial charge in [0, 0.05) is 13.1 Å². The molecule has 0 spiro atoms. The Morgan fingerprint density at radius 2 is 1.67 bits per heavy atom. The molecule has 7 heteroatoms. The summed E-state index contributed by atoms with van der Waals surface area (Å²) < 4.78 is 0. The molecule has 0 unspecified atom stereocenters. The average molecular weight is 340 g/mol. The van der Waals surface area contributed by atoms with Gasteiger partial charge in [0.15, 0.2) is 0 Å². The van der Waals surface area contributed by atoms with Gasteiger partial charge in [0.05, 0.1) is 6.67 Å². The van der Waals surface area contributed by atoms with Crippen LogP contribution < -0.4 is 0 Å². The van der Waals surface area contributed by atoms with Crippen molar-refractivity contribution in [1.29, 1.82) is 0 Å². The van der Waals surface area contributed by atoms with Crippen LogP contribution in [0.3, 0.4) is 0 Å². The average Bonchev–Trinajstić information content (AvgIpc) is 2.45. The van der Waals surface area contributed by atoms with E-state index in [-0.39, 0.29) is 0 Å². The molecule has 0 bridgehead atoms. The molecule has 1 fully saturated rings. The fraction of sp³-hybridized carbons (Fsp3) is 1.00. The van der Waals surface area contributed by atoms with E-state index in [9.17, 15) is 0 Å². The summed E-state index contributed by atoms with van der Waals surface area (Å²) in [5.41, 5.74) is 0. The second kappa shape index (κ2) is 8.66. The molecule has 1 heterocycles. The fourth-order valence-electron chi connectivity index (χ4n) is 1.36. The number of likely N-dealkylation sites (N-methyl/N-ethyl adjacent to an activating group) is 1. The van der Waals surface area contributed by atoms with Crippen LogP contribution in [-0.2, 0) is 9.20 Å². The molecular weight excluding hydrogens is 322 g/mol. The third kappa shape index (κ3) is 13.5. The quantitative estimate of drug-likeness (QED) is 0.723. The standard InChI is InChI=1S/C8H18N2.4ClH.Fe/c1-3-4-5-10-7-6-9(2)8-10;;;;;/h3-8H2,1-2H3;4*1H;/q;;;;;+3/p-4. The molecule has 0 saturated carbocycles. The number of halogens is 4. The van der Waals surface area contributed by atoms with E-state index in [2.05, 4.69) is 23.8 Å². The first kappa shape index (κ1) is 16.6. The molecule has 0 aromatic rings. The molecule has 15 heavy (non-hydrogen) atoms. The van der Waals surface area contributed by atoms with Gasteiger partial charge in [-0.1, -0.05) is 13.3 Å². The normalized spacial score (nSPS) is 19.9. The van der Waals surface area contributed by atoms with Gasteiger partial charge in [0.2, 0.25) is 0 Å². The van der Waals surface area contributed by atoms with Gasteiger partial charge in [-0.05, 0) is 20.0 Å². The molecule has 1 aliphatic rings. The van der Waals surface area contributed by atoms with Crippen LogP contribution in [0.2, 0.25) is 0 Å². The number of rotatable bonds is 3. The number of nitrogens with zero attached hydrogens (tertiary/aromatic N) is 2. The first-order valence-electron chi connectivity index (χ1n) is 4.77. The van der Waals surface area contributed by atoms with E-state index in [4.69, 9.17) is 40.4 Å². The van der Waals surface area contributed by atoms with Crippen molar-refractivity contribution in [2.45, 2.75) is 19.8 Å². The zero-order chi connectivity index (χ0) is 11.9. The maximum absolute atomic E-state index is 4.95. The van der Waals surface area contributed by atoms with Gasteiger partial charge in [0.1, 0.15) is 0 Å². The van der Waals surface area contributed by atoms with E-state index in [1.807, 2.05) is 0 Å². The molecule has 2 nitrogen and oxygen atoms in total. The van der Waals surface area contributed by atoms with Crippen molar-refractivity contribution in [3.63, 3.8) is 0 Å². The van der Waals surface area contributed by atoms with Crippen molar-refractivity contribution in [1.82, 2.24) is 9.80 Å². The number of hydrogen-bond acceptors (Lipinski definition) is 2. The third-order valence-electron chi connectivity index (χ3n) is 2.07. The molecule has 0 aromatic heterocycles. The van der Waals surface area contributed by atoms with Crippen LogP contribution in [0.5, 0.6) is 0 Å². The summed E-state index contributed by atoms with van der Waals surface area (Å²) in [5.74, 6) is 0. The summed E-state index contributed by atoms with van der Waals surface area (Å²) in [4.78, 5) is 4.89. The monoisotopic (exact) mass is 338 g/mol. The van der Waals surface area contributed by atoms with Crippen LogP contribution in [0.4, 0.5) is 0 Å². The van der Waals surface area contributed by atoms with Crippen molar-refractivity contribution in [2.75, 3.05) is 33.4 Å². The summed E-state index contributed by atoms with van der Waals surface area (Å²) in [5, 5.41) is 0. The molecule has 0 N–H and O–H groups in total. The molecule has 1 saturated heterocycles. The van der Waals surface area contributed by atoms with E-state index in [1.165, 1.54) is 39.1 Å². The van der Waals surface area contributed by atoms with Crippen LogP contribution in [0, 0.1) is 0 Å². The van der Waals surface area contributed by atoms with E-state index in [0.29, 0.717) is 0 Å². The van der Waals surface area contributed by atoms with Crippen LogP contribution in [0.25, 0.3) is 0 Å². The van der Waals surface area contributed by atoms with Gasteiger partial charge in [-0.2, -0.15) is 0 Å². The molecule has 0 atom stereocenters. The fourth-order valence-corrected chi connectivity index (χ4v) is 1.36. The van der Waals surface area contributed by atoms with Gasteiger partial charge >= 0.3 is 49.6 Å². The van der Waals surface area contributed by atoms with E-state index in [1.54, 1.807) is 0 Å². The van der Waals surface area contributed by atoms with Crippen LogP contribution >= 0.6 is 40.4 Å². The van der Waals surface area contributed by atoms with Crippen molar-refractivity contribution in [3.05, 3.63) is 0 Å². The second-order valence-electron chi connectivity index (χ2n) is 3.50. The van der Waals surface area contributed by atoms with Gasteiger partial charge in [-0.15, -0.1) is 0 Å². The van der Waals surface area contributed by atoms with Crippen molar-refractivity contribution < 1.29 is 9.20 Å². The van der Waals surface area contributed by atoms with E-state index >= 15 is 0 Å². The minimum atomic E-state index is -2.61. The topological polar surface area (TPSA) is 6.48 Å². The Balaban J connectivity index is 0.000000336. The van der Waals surface area contributed by atoms with Crippen molar-refractivity contribution in [2.24, 2.45) is 0 Å². The molecule has 0 aromatic carbocycles. The molecule has 0 radical (unpaired) electrons. The maximum atomic E-state index is 4.95. The summed E-state index contributed by atoms with van der Waals surface area (Å²) in [6, 6.07) is 0. The predicted octanol–water partition coefficient (Wildman–Crippen LogP) is 3.75. The number of unbranched alkanes of at least 4 members (excludes halogenated alkanes) is 1. The van der Waals surface area contributed by atoms with Gasteiger partial charge in [-0.25, -0.2) is 0 Å². The molecule has 1 aliphatic heterocycles. The predicted molar refractivity (Wildman–Crippen MR) is 67.4 cm³/mol. The second-order valence-corrected chi connectivity index (χ2v) is 14.4. The summed E-state index contributed by atoms with van der Waals surface area (Å²) in [7, 11) is 19.4. The Morgan fingerprint density at radius 1 is 1.13 bits per heavy atom. The van der Waals surface area contributed by atoms with Crippen LogP contribution in [-0.4, -0.2) is 43.2 Å². The zero-order valence-electron chi connectivity index (χ0n) is 9.00. The van der Waals surface area contributed by atoms with E-state index in [0.717, 1.165) is 0 Å². The van der Waals surface area contributed by atoms with Crippen LogP contribution in [0.15, 0.2) is 0 Å². The first-order chi connectivity index (χ1) is 6.83. The molecule has 0 aliphatic carbocycles. The minimum absolute atomic E-state index is 1.18. The SMILES string of the molecule is CCCCN1CCN(C)C1.[Cl][Fe-]([Cl])([Cl])[Cl]. The molecular formula is C8H18Cl4FeN2-. The van der Waals surface area contributed by atoms with Crippen molar-refractivity contribution >= 4 is 40.4 Å². The Hall–Kier alpha value is 1.60. The first-order valence-corrected chi connectivity index (χ1v) is 10.8. The summed E-state index contributed by atoms with van der Waals surface area (Å²) in [6.07, 6.45) is 2.67. The Kier molecular flexibility index (Phi) is 9.58. The Bertz CT molecular complexity index is 159. The molecule has 97 valence electrons. The number of hydrogen-bond donors (Lipinski definition) is 0. The molecule has 1 rings (SSSR count). The Labute approximate surface area is 112 Å². The third-order valence-corrected chi connectivity index (χ3v) is 2.07. The van der Waals surface area contributed by atoms with Crippen LogP contribution in [0.1, 0.15) is 19.8 Å². The zero-order valence-corrected chi connectivity index (χ0v) is 13.1. The Morgan fingerprint density at radius 3 is 2.00 bits per heavy atom. The van der Waals surface area contributed by atoms with Gasteiger partial charge < -0.3 is 0 Å². The van der Waals surface area contributed by atoms with Crippen molar-refractivity contribution in [3.8, 4) is 0 Å². The molecule has 0 amide bonds. The summed E-state index contributed by atoms with van der Waals surface area (Å²) >= 11 is 0. The van der Waals surface area contributed by atoms with Gasteiger partial charge in [-0.3, -0.25) is 9.80 Å². The van der Waals surface area contributed by atoms with E-state index < -0.39 is 9.20 Å². The summed E-state index contributed by atoms with van der Waals surface area (Å²) in [6.45, 7) is 7.25. The van der Waals surface area contributed by atoms with Gasteiger partial charge in [0.25, 0.3) is 0 Å².